The van der Waals surface area contributed by atoms with Crippen LogP contribution in [0.5, 0.6) is 0 Å². The van der Waals surface area contributed by atoms with Crippen molar-refractivity contribution in [1.29, 1.82) is 0 Å². The molecule has 3 nitrogen and oxygen atoms in total. The summed E-state index contributed by atoms with van der Waals surface area (Å²) in [5.74, 6) is 0.536. The third-order valence-corrected chi connectivity index (χ3v) is 11.7. The van der Waals surface area contributed by atoms with Crippen molar-refractivity contribution in [2.24, 2.45) is 5.92 Å². The maximum atomic E-state index is 13.5. The first-order valence-corrected chi connectivity index (χ1v) is 17.4. The van der Waals surface area contributed by atoms with Gasteiger partial charge in [0.1, 0.15) is 0 Å². The Balaban J connectivity index is 1.54. The summed E-state index contributed by atoms with van der Waals surface area (Å²) in [6, 6.07) is 13.5. The normalized spacial score (nSPS) is 23.1. The molecule has 2 N–H and O–H groups in total. The molecule has 2 fully saturated rings. The number of benzene rings is 2. The van der Waals surface area contributed by atoms with E-state index in [0.29, 0.717) is 15.5 Å². The average molecular weight is 550 g/mol. The Bertz CT molecular complexity index is 924. The Morgan fingerprint density at radius 1 is 1.09 bits per heavy atom. The molecule has 1 aliphatic heterocycles. The fourth-order valence-electron chi connectivity index (χ4n) is 5.23. The summed E-state index contributed by atoms with van der Waals surface area (Å²) in [6.45, 7) is 3.26. The van der Waals surface area contributed by atoms with Crippen molar-refractivity contribution in [2.45, 2.75) is 61.5 Å². The molecule has 3 unspecified atom stereocenters. The predicted octanol–water partition coefficient (Wildman–Crippen LogP) is 6.36. The first kappa shape index (κ1) is 23.7. The second-order valence-electron chi connectivity index (χ2n) is 9.54. The molecule has 1 saturated heterocycles. The van der Waals surface area contributed by atoms with E-state index < -0.39 is 19.8 Å². The topological polar surface area (TPSA) is 41.1 Å². The molecule has 0 spiro atoms. The van der Waals surface area contributed by atoms with Crippen LogP contribution >= 0.6 is 19.8 Å². The van der Waals surface area contributed by atoms with Crippen molar-refractivity contribution in [3.8, 4) is 11.1 Å². The van der Waals surface area contributed by atoms with Crippen LogP contribution in [0, 0.1) is 11.7 Å². The zero-order valence-corrected chi connectivity index (χ0v) is 21.6. The minimum absolute atomic E-state index is 0.00740. The molecule has 2 aromatic rings. The third-order valence-electron chi connectivity index (χ3n) is 7.30. The number of hydrogen-bond donors (Lipinski definition) is 2. The van der Waals surface area contributed by atoms with Crippen LogP contribution in [0.1, 0.15) is 65.3 Å². The van der Waals surface area contributed by atoms with Crippen LogP contribution < -0.4 is 10.6 Å². The number of halogens is 2. The van der Waals surface area contributed by atoms with Gasteiger partial charge in [-0.1, -0.05) is 12.8 Å². The average Bonchev–Trinajstić information content (AvgIpc) is 3.34. The van der Waals surface area contributed by atoms with Crippen LogP contribution in [-0.4, -0.2) is 34.4 Å². The van der Waals surface area contributed by atoms with Gasteiger partial charge < -0.3 is 0 Å². The number of carbonyl (C=O) groups is 1. The molecule has 32 heavy (non-hydrogen) atoms. The van der Waals surface area contributed by atoms with Gasteiger partial charge in [0.2, 0.25) is 0 Å². The molecular weight excluding hydrogens is 514 g/mol. The Morgan fingerprint density at radius 3 is 2.50 bits per heavy atom. The van der Waals surface area contributed by atoms with Gasteiger partial charge in [0, 0.05) is 0 Å². The van der Waals surface area contributed by atoms with E-state index in [2.05, 4.69) is 33.5 Å². The second-order valence-corrected chi connectivity index (χ2v) is 16.1. The van der Waals surface area contributed by atoms with Crippen LogP contribution in [0.25, 0.3) is 11.1 Å². The minimum atomic E-state index is -1.10. The van der Waals surface area contributed by atoms with Gasteiger partial charge in [-0.15, -0.1) is 0 Å². The fraction of sp³-hybridized carbons (Fsp3) is 0.519. The summed E-state index contributed by atoms with van der Waals surface area (Å²) in [4.78, 5) is 17.9. The third kappa shape index (κ3) is 5.53. The second kappa shape index (κ2) is 10.6. The van der Waals surface area contributed by atoms with Crippen molar-refractivity contribution in [3.05, 3.63) is 59.4 Å². The Labute approximate surface area is 199 Å². The number of carbonyl (C=O) groups excluding carboxylic acids is 1. The molecular formula is C27H36FIN2O. The number of piperidine rings is 1. The summed E-state index contributed by atoms with van der Waals surface area (Å²) in [5.41, 5.74) is 4.00. The summed E-state index contributed by atoms with van der Waals surface area (Å²) >= 11 is -1.10. The zero-order chi connectivity index (χ0) is 22.7. The van der Waals surface area contributed by atoms with Crippen LogP contribution in [-0.2, 0) is 0 Å². The number of nitrogens with one attached hydrogen (secondary N) is 2. The number of hydrogen-bond acceptors (Lipinski definition) is 2. The van der Waals surface area contributed by atoms with E-state index >= 15 is 0 Å². The van der Waals surface area contributed by atoms with Crippen molar-refractivity contribution >= 4 is 25.7 Å². The predicted molar refractivity (Wildman–Crippen MR) is 140 cm³/mol. The van der Waals surface area contributed by atoms with Gasteiger partial charge in [-0.3, -0.25) is 0 Å². The summed E-state index contributed by atoms with van der Waals surface area (Å²) < 4.78 is 14.0. The monoisotopic (exact) mass is 550 g/mol. The molecule has 4 rings (SSSR count). The Morgan fingerprint density at radius 2 is 1.81 bits per heavy atom. The Hall–Kier alpha value is -1.47. The van der Waals surface area contributed by atoms with Crippen LogP contribution in [0.2, 0.25) is 0 Å². The Kier molecular flexibility index (Phi) is 7.87. The molecule has 0 radical (unpaired) electrons. The van der Waals surface area contributed by atoms with Gasteiger partial charge in [-0.05, 0) is 0 Å². The number of alkyl halides is 3. The van der Waals surface area contributed by atoms with E-state index in [1.165, 1.54) is 43.4 Å². The van der Waals surface area contributed by atoms with E-state index in [1.807, 2.05) is 24.3 Å². The van der Waals surface area contributed by atoms with Gasteiger partial charge in [0.15, 0.2) is 0 Å². The van der Waals surface area contributed by atoms with Crippen molar-refractivity contribution in [3.63, 3.8) is 0 Å². The van der Waals surface area contributed by atoms with Crippen LogP contribution in [0.4, 0.5) is 4.39 Å². The molecule has 0 bridgehead atoms. The molecule has 1 heterocycles. The molecule has 2 aliphatic rings. The van der Waals surface area contributed by atoms with Crippen molar-refractivity contribution < 1.29 is 9.18 Å². The fourth-order valence-corrected chi connectivity index (χ4v) is 7.11. The van der Waals surface area contributed by atoms with Crippen molar-refractivity contribution in [1.82, 2.24) is 10.6 Å². The summed E-state index contributed by atoms with van der Waals surface area (Å²) in [7, 11) is 0. The van der Waals surface area contributed by atoms with Crippen molar-refractivity contribution in [2.75, 3.05) is 16.4 Å². The van der Waals surface area contributed by atoms with Gasteiger partial charge in [-0.25, -0.2) is 0 Å². The SMILES string of the molecule is CC(c1ccc(C(=O)NC2CCNC(C3CCCC3)C2)cc1-c1ccc(F)cc1)I(C)C. The molecule has 2 aromatic carbocycles. The van der Waals surface area contributed by atoms with Crippen LogP contribution in [0.15, 0.2) is 42.5 Å². The summed E-state index contributed by atoms with van der Waals surface area (Å²) in [5, 5.41) is 7.01. The molecule has 1 amide bonds. The first-order valence-electron chi connectivity index (χ1n) is 11.8. The number of amides is 1. The molecule has 1 aliphatic carbocycles. The standard InChI is InChI=1S/C27H36FIN2O/c1-18(29(2)3)24-13-10-21(16-25(24)19-8-11-22(28)12-9-19)27(32)31-23-14-15-30-26(17-23)20-6-4-5-7-20/h8-13,16,18,20,23,26,30H,4-7,14-15,17H2,1-3H3,(H,31,32). The van der Waals surface area contributed by atoms with E-state index in [4.69, 9.17) is 0 Å². The first-order chi connectivity index (χ1) is 15.4. The molecule has 3 atom stereocenters. The van der Waals surface area contributed by atoms with Crippen LogP contribution in [0.3, 0.4) is 0 Å². The van der Waals surface area contributed by atoms with Gasteiger partial charge in [0.25, 0.3) is 0 Å². The zero-order valence-electron chi connectivity index (χ0n) is 19.5. The number of rotatable bonds is 6. The maximum absolute atomic E-state index is 13.5. The van der Waals surface area contributed by atoms with E-state index in [0.717, 1.165) is 36.4 Å². The van der Waals surface area contributed by atoms with E-state index in [1.54, 1.807) is 0 Å². The molecule has 5 heteroatoms. The molecule has 0 aromatic heterocycles. The van der Waals surface area contributed by atoms with E-state index in [-0.39, 0.29) is 17.8 Å². The molecule has 1 saturated carbocycles. The molecule has 174 valence electrons. The van der Waals surface area contributed by atoms with E-state index in [9.17, 15) is 9.18 Å². The van der Waals surface area contributed by atoms with Gasteiger partial charge >= 0.3 is 187 Å². The van der Waals surface area contributed by atoms with Gasteiger partial charge in [-0.2, -0.15) is 0 Å². The quantitative estimate of drug-likeness (QED) is 0.325. The van der Waals surface area contributed by atoms with Gasteiger partial charge in [0.05, 0.1) is 0 Å². The summed E-state index contributed by atoms with van der Waals surface area (Å²) in [6.07, 6.45) is 7.33.